The van der Waals surface area contributed by atoms with Crippen LogP contribution in [0.15, 0.2) is 36.4 Å². The minimum absolute atomic E-state index is 0.0733. The molecule has 0 spiro atoms. The summed E-state index contributed by atoms with van der Waals surface area (Å²) in [5.41, 5.74) is 4.12. The molecule has 110 valence electrons. The standard InChI is InChI=1S/C17H18ClNO2/c1-11-4-7-15(18)16(8-11)21-10-17(20)19-14-6-5-12(2)13(3)9-14/h4-9H,10H2,1-3H3,(H,19,20). The van der Waals surface area contributed by atoms with Crippen LogP contribution in [0.25, 0.3) is 0 Å². The van der Waals surface area contributed by atoms with Gasteiger partial charge in [-0.15, -0.1) is 0 Å². The second kappa shape index (κ2) is 6.64. The van der Waals surface area contributed by atoms with E-state index in [-0.39, 0.29) is 12.5 Å². The van der Waals surface area contributed by atoms with E-state index in [1.165, 1.54) is 5.56 Å². The molecule has 0 heterocycles. The van der Waals surface area contributed by atoms with Crippen molar-refractivity contribution in [3.05, 3.63) is 58.1 Å². The number of amides is 1. The second-order valence-electron chi connectivity index (χ2n) is 5.07. The van der Waals surface area contributed by atoms with Gasteiger partial charge in [0.1, 0.15) is 5.75 Å². The highest BCUT2D eigenvalue weighted by molar-refractivity contribution is 6.32. The van der Waals surface area contributed by atoms with Crippen LogP contribution in [-0.4, -0.2) is 12.5 Å². The summed E-state index contributed by atoms with van der Waals surface area (Å²) in [6, 6.07) is 11.2. The van der Waals surface area contributed by atoms with E-state index >= 15 is 0 Å². The number of nitrogens with one attached hydrogen (secondary N) is 1. The highest BCUT2D eigenvalue weighted by atomic mass is 35.5. The zero-order valence-electron chi connectivity index (χ0n) is 12.4. The fraction of sp³-hybridized carbons (Fsp3) is 0.235. The molecule has 0 aromatic heterocycles. The van der Waals surface area contributed by atoms with Crippen LogP contribution in [0.2, 0.25) is 5.02 Å². The largest absolute Gasteiger partial charge is 0.482 e. The Morgan fingerprint density at radius 3 is 2.57 bits per heavy atom. The van der Waals surface area contributed by atoms with Crippen LogP contribution in [-0.2, 0) is 4.79 Å². The van der Waals surface area contributed by atoms with Crippen LogP contribution >= 0.6 is 11.6 Å². The van der Waals surface area contributed by atoms with Crippen LogP contribution < -0.4 is 10.1 Å². The lowest BCUT2D eigenvalue weighted by molar-refractivity contribution is -0.118. The molecule has 2 aromatic rings. The lowest BCUT2D eigenvalue weighted by Crippen LogP contribution is -2.20. The molecule has 3 nitrogen and oxygen atoms in total. The van der Waals surface area contributed by atoms with Crippen molar-refractivity contribution in [2.24, 2.45) is 0 Å². The predicted octanol–water partition coefficient (Wildman–Crippen LogP) is 4.28. The molecule has 0 saturated heterocycles. The molecule has 0 atom stereocenters. The number of carbonyl (C=O) groups excluding carboxylic acids is 1. The quantitative estimate of drug-likeness (QED) is 0.915. The van der Waals surface area contributed by atoms with Gasteiger partial charge in [0.2, 0.25) is 0 Å². The maximum absolute atomic E-state index is 11.9. The van der Waals surface area contributed by atoms with Gasteiger partial charge in [-0.1, -0.05) is 23.7 Å². The fourth-order valence-corrected chi connectivity index (χ4v) is 2.05. The second-order valence-corrected chi connectivity index (χ2v) is 5.48. The molecule has 0 aliphatic rings. The van der Waals surface area contributed by atoms with Crippen LogP contribution in [0.1, 0.15) is 16.7 Å². The van der Waals surface area contributed by atoms with Crippen LogP contribution in [0, 0.1) is 20.8 Å². The fourth-order valence-electron chi connectivity index (χ4n) is 1.88. The maximum atomic E-state index is 11.9. The Balaban J connectivity index is 1.95. The molecule has 21 heavy (non-hydrogen) atoms. The van der Waals surface area contributed by atoms with E-state index in [1.54, 1.807) is 6.07 Å². The van der Waals surface area contributed by atoms with Gasteiger partial charge in [-0.25, -0.2) is 0 Å². The van der Waals surface area contributed by atoms with Gasteiger partial charge in [0.25, 0.3) is 5.91 Å². The summed E-state index contributed by atoms with van der Waals surface area (Å²) in [6.07, 6.45) is 0. The molecule has 0 saturated carbocycles. The first-order valence-corrected chi connectivity index (χ1v) is 7.09. The van der Waals surface area contributed by atoms with Crippen molar-refractivity contribution in [1.29, 1.82) is 0 Å². The van der Waals surface area contributed by atoms with Gasteiger partial charge in [-0.3, -0.25) is 4.79 Å². The molecule has 4 heteroatoms. The summed E-state index contributed by atoms with van der Waals surface area (Å²) in [7, 11) is 0. The summed E-state index contributed by atoms with van der Waals surface area (Å²) >= 11 is 6.02. The molecular formula is C17H18ClNO2. The number of anilines is 1. The van der Waals surface area contributed by atoms with Gasteiger partial charge in [0, 0.05) is 5.69 Å². The third-order valence-electron chi connectivity index (χ3n) is 3.24. The Labute approximate surface area is 129 Å². The first-order chi connectivity index (χ1) is 9.95. The number of aryl methyl sites for hydroxylation is 3. The molecule has 2 rings (SSSR count). The Morgan fingerprint density at radius 1 is 1.10 bits per heavy atom. The molecule has 0 aliphatic carbocycles. The third kappa shape index (κ3) is 4.23. The van der Waals surface area contributed by atoms with E-state index in [0.717, 1.165) is 16.8 Å². The van der Waals surface area contributed by atoms with Crippen LogP contribution in [0.4, 0.5) is 5.69 Å². The highest BCUT2D eigenvalue weighted by Gasteiger charge is 2.07. The predicted molar refractivity (Wildman–Crippen MR) is 86.2 cm³/mol. The highest BCUT2D eigenvalue weighted by Crippen LogP contribution is 2.25. The topological polar surface area (TPSA) is 38.3 Å². The van der Waals surface area contributed by atoms with Crippen molar-refractivity contribution in [2.45, 2.75) is 20.8 Å². The zero-order valence-corrected chi connectivity index (χ0v) is 13.1. The number of ether oxygens (including phenoxy) is 1. The van der Waals surface area contributed by atoms with E-state index in [2.05, 4.69) is 5.32 Å². The molecule has 0 fully saturated rings. The van der Waals surface area contributed by atoms with Crippen molar-refractivity contribution in [3.63, 3.8) is 0 Å². The van der Waals surface area contributed by atoms with Gasteiger partial charge >= 0.3 is 0 Å². The minimum atomic E-state index is -0.212. The van der Waals surface area contributed by atoms with Crippen molar-refractivity contribution in [1.82, 2.24) is 0 Å². The monoisotopic (exact) mass is 303 g/mol. The first kappa shape index (κ1) is 15.4. The van der Waals surface area contributed by atoms with Crippen LogP contribution in [0.3, 0.4) is 0 Å². The van der Waals surface area contributed by atoms with E-state index in [0.29, 0.717) is 10.8 Å². The summed E-state index contributed by atoms with van der Waals surface area (Å²) in [4.78, 5) is 11.9. The first-order valence-electron chi connectivity index (χ1n) is 6.72. The van der Waals surface area contributed by atoms with Gasteiger partial charge in [-0.05, 0) is 61.7 Å². The summed E-state index contributed by atoms with van der Waals surface area (Å²) in [6.45, 7) is 5.91. The Morgan fingerprint density at radius 2 is 1.86 bits per heavy atom. The Kier molecular flexibility index (Phi) is 4.86. The normalized spacial score (nSPS) is 10.3. The Hall–Kier alpha value is -2.00. The summed E-state index contributed by atoms with van der Waals surface area (Å²) in [5.74, 6) is 0.308. The molecule has 0 unspecified atom stereocenters. The SMILES string of the molecule is Cc1ccc(Cl)c(OCC(=O)Nc2ccc(C)c(C)c2)c1. The molecule has 2 aromatic carbocycles. The van der Waals surface area contributed by atoms with Crippen molar-refractivity contribution in [3.8, 4) is 5.75 Å². The molecule has 0 aliphatic heterocycles. The average molecular weight is 304 g/mol. The number of benzene rings is 2. The zero-order chi connectivity index (χ0) is 15.4. The molecular weight excluding hydrogens is 286 g/mol. The van der Waals surface area contributed by atoms with Crippen molar-refractivity contribution in [2.75, 3.05) is 11.9 Å². The number of hydrogen-bond acceptors (Lipinski definition) is 2. The number of halogens is 1. The van der Waals surface area contributed by atoms with Gasteiger partial charge in [0.05, 0.1) is 5.02 Å². The number of hydrogen-bond donors (Lipinski definition) is 1. The van der Waals surface area contributed by atoms with E-state index in [4.69, 9.17) is 16.3 Å². The molecule has 0 bridgehead atoms. The number of carbonyl (C=O) groups is 1. The van der Waals surface area contributed by atoms with E-state index in [9.17, 15) is 4.79 Å². The Bertz CT molecular complexity index is 668. The lowest BCUT2D eigenvalue weighted by Gasteiger charge is -2.10. The van der Waals surface area contributed by atoms with E-state index in [1.807, 2.05) is 51.1 Å². The lowest BCUT2D eigenvalue weighted by atomic mass is 10.1. The summed E-state index contributed by atoms with van der Waals surface area (Å²) < 4.78 is 5.46. The molecule has 0 radical (unpaired) electrons. The maximum Gasteiger partial charge on any atom is 0.262 e. The third-order valence-corrected chi connectivity index (χ3v) is 3.55. The smallest absolute Gasteiger partial charge is 0.262 e. The van der Waals surface area contributed by atoms with Crippen LogP contribution in [0.5, 0.6) is 5.75 Å². The van der Waals surface area contributed by atoms with Gasteiger partial charge in [0.15, 0.2) is 6.61 Å². The van der Waals surface area contributed by atoms with Crippen molar-refractivity contribution < 1.29 is 9.53 Å². The van der Waals surface area contributed by atoms with Gasteiger partial charge < -0.3 is 10.1 Å². The number of rotatable bonds is 4. The molecule has 1 amide bonds. The van der Waals surface area contributed by atoms with Gasteiger partial charge in [-0.2, -0.15) is 0 Å². The summed E-state index contributed by atoms with van der Waals surface area (Å²) in [5, 5.41) is 3.31. The average Bonchev–Trinajstić information content (AvgIpc) is 2.44. The minimum Gasteiger partial charge on any atom is -0.482 e. The van der Waals surface area contributed by atoms with Crippen molar-refractivity contribution >= 4 is 23.2 Å². The van der Waals surface area contributed by atoms with E-state index < -0.39 is 0 Å². The molecule has 1 N–H and O–H groups in total.